The van der Waals surface area contributed by atoms with Crippen LogP contribution in [-0.4, -0.2) is 45.2 Å². The smallest absolute Gasteiger partial charge is 0.266 e. The molecule has 1 aromatic heterocycles. The van der Waals surface area contributed by atoms with Gasteiger partial charge in [-0.2, -0.15) is 5.10 Å². The minimum atomic E-state index is -0.120. The van der Waals surface area contributed by atoms with Crippen LogP contribution in [0.3, 0.4) is 0 Å². The van der Waals surface area contributed by atoms with E-state index in [2.05, 4.69) is 31.2 Å². The Kier molecular flexibility index (Phi) is 8.03. The highest BCUT2D eigenvalue weighted by molar-refractivity contribution is 8.26. The molecule has 4 aromatic rings. The van der Waals surface area contributed by atoms with Gasteiger partial charge < -0.3 is 9.47 Å². The summed E-state index contributed by atoms with van der Waals surface area (Å²) in [6, 6.07) is 26.1. The van der Waals surface area contributed by atoms with Crippen LogP contribution in [0.25, 0.3) is 23.0 Å². The predicted molar refractivity (Wildman–Crippen MR) is 156 cm³/mol. The standard InChI is InChI=1S/C30H27N3O3S2/c1-21-11-13-22(14-12-21)20-36-26-10-6-7-23(17-26)28-24(19-33(31-28)25-8-4-3-5-9-25)18-27-29(34)32(15-16-35-2)30(37)38-27/h3-14,17-19H,15-16,20H2,1-2H3/b27-18-. The molecule has 6 nitrogen and oxygen atoms in total. The third-order valence-corrected chi connectivity index (χ3v) is 7.45. The molecule has 1 fully saturated rings. The highest BCUT2D eigenvalue weighted by Gasteiger charge is 2.32. The summed E-state index contributed by atoms with van der Waals surface area (Å²) in [5.41, 5.74) is 5.70. The van der Waals surface area contributed by atoms with Crippen molar-refractivity contribution in [1.29, 1.82) is 0 Å². The largest absolute Gasteiger partial charge is 0.489 e. The summed E-state index contributed by atoms with van der Waals surface area (Å²) in [7, 11) is 1.61. The minimum absolute atomic E-state index is 0.120. The van der Waals surface area contributed by atoms with Crippen molar-refractivity contribution in [1.82, 2.24) is 14.7 Å². The van der Waals surface area contributed by atoms with Crippen molar-refractivity contribution in [3.8, 4) is 22.7 Å². The quantitative estimate of drug-likeness (QED) is 0.184. The van der Waals surface area contributed by atoms with Crippen molar-refractivity contribution in [2.45, 2.75) is 13.5 Å². The number of ether oxygens (including phenoxy) is 2. The lowest BCUT2D eigenvalue weighted by atomic mass is 10.1. The molecule has 192 valence electrons. The van der Waals surface area contributed by atoms with Crippen LogP contribution in [-0.2, 0) is 16.1 Å². The molecule has 0 aliphatic carbocycles. The maximum Gasteiger partial charge on any atom is 0.266 e. The molecule has 2 heterocycles. The number of methoxy groups -OCH3 is 1. The van der Waals surface area contributed by atoms with E-state index in [-0.39, 0.29) is 5.91 Å². The molecular formula is C30H27N3O3S2. The van der Waals surface area contributed by atoms with Crippen molar-refractivity contribution in [3.05, 3.63) is 107 Å². The summed E-state index contributed by atoms with van der Waals surface area (Å²) in [5.74, 6) is 0.625. The van der Waals surface area contributed by atoms with Crippen molar-refractivity contribution >= 4 is 40.3 Å². The molecule has 1 amide bonds. The molecule has 0 N–H and O–H groups in total. The molecule has 0 atom stereocenters. The topological polar surface area (TPSA) is 56.6 Å². The molecule has 8 heteroatoms. The number of carbonyl (C=O) groups excluding carboxylic acids is 1. The number of para-hydroxylation sites is 1. The molecule has 0 unspecified atom stereocenters. The molecule has 1 aliphatic heterocycles. The Balaban J connectivity index is 1.48. The van der Waals surface area contributed by atoms with Crippen molar-refractivity contribution in [3.63, 3.8) is 0 Å². The number of rotatable bonds is 9. The Morgan fingerprint density at radius 1 is 1.03 bits per heavy atom. The normalized spacial score (nSPS) is 14.5. The number of hydrogen-bond donors (Lipinski definition) is 0. The SMILES string of the molecule is COCCN1C(=O)/C(=C/c2cn(-c3ccccc3)nc2-c2cccc(OCc3ccc(C)cc3)c2)SC1=S. The number of aryl methyl sites for hydroxylation is 1. The number of aromatic nitrogens is 2. The molecule has 38 heavy (non-hydrogen) atoms. The third kappa shape index (κ3) is 5.88. The molecule has 0 radical (unpaired) electrons. The highest BCUT2D eigenvalue weighted by Crippen LogP contribution is 2.35. The van der Waals surface area contributed by atoms with E-state index < -0.39 is 0 Å². The van der Waals surface area contributed by atoms with E-state index in [0.717, 1.165) is 33.8 Å². The Hall–Kier alpha value is -3.72. The van der Waals surface area contributed by atoms with Gasteiger partial charge in [0.25, 0.3) is 5.91 Å². The molecule has 0 bridgehead atoms. The predicted octanol–water partition coefficient (Wildman–Crippen LogP) is 6.27. The number of thiocarbonyl (C=S) groups is 1. The summed E-state index contributed by atoms with van der Waals surface area (Å²) < 4.78 is 13.6. The lowest BCUT2D eigenvalue weighted by Crippen LogP contribution is -2.31. The highest BCUT2D eigenvalue weighted by atomic mass is 32.2. The monoisotopic (exact) mass is 541 g/mol. The van der Waals surface area contributed by atoms with Gasteiger partial charge in [0.05, 0.1) is 23.7 Å². The summed E-state index contributed by atoms with van der Waals surface area (Å²) in [4.78, 5) is 15.2. The van der Waals surface area contributed by atoms with Crippen molar-refractivity contribution < 1.29 is 14.3 Å². The first-order valence-electron chi connectivity index (χ1n) is 12.2. The summed E-state index contributed by atoms with van der Waals surface area (Å²) >= 11 is 6.76. The summed E-state index contributed by atoms with van der Waals surface area (Å²) in [6.45, 7) is 3.39. The Morgan fingerprint density at radius 3 is 2.58 bits per heavy atom. The fourth-order valence-electron chi connectivity index (χ4n) is 4.03. The summed E-state index contributed by atoms with van der Waals surface area (Å²) in [6.07, 6.45) is 3.81. The maximum atomic E-state index is 13.1. The maximum absolute atomic E-state index is 13.1. The van der Waals surface area contributed by atoms with Gasteiger partial charge in [0.15, 0.2) is 0 Å². The average Bonchev–Trinajstić information content (AvgIpc) is 3.48. The van der Waals surface area contributed by atoms with E-state index >= 15 is 0 Å². The minimum Gasteiger partial charge on any atom is -0.489 e. The first-order valence-corrected chi connectivity index (χ1v) is 13.4. The number of amides is 1. The van der Waals surface area contributed by atoms with E-state index in [0.29, 0.717) is 29.0 Å². The van der Waals surface area contributed by atoms with Crippen LogP contribution in [0.15, 0.2) is 90.0 Å². The Morgan fingerprint density at radius 2 is 1.82 bits per heavy atom. The van der Waals surface area contributed by atoms with E-state index in [9.17, 15) is 4.79 Å². The van der Waals surface area contributed by atoms with Crippen LogP contribution in [0, 0.1) is 6.92 Å². The third-order valence-electron chi connectivity index (χ3n) is 6.08. The number of thioether (sulfide) groups is 1. The number of benzene rings is 3. The van der Waals surface area contributed by atoms with Crippen LogP contribution in [0.1, 0.15) is 16.7 Å². The van der Waals surface area contributed by atoms with Gasteiger partial charge in [-0.25, -0.2) is 4.68 Å². The summed E-state index contributed by atoms with van der Waals surface area (Å²) in [5, 5.41) is 4.90. The van der Waals surface area contributed by atoms with Gasteiger partial charge in [0.2, 0.25) is 0 Å². The molecular weight excluding hydrogens is 514 g/mol. The first kappa shape index (κ1) is 25.9. The van der Waals surface area contributed by atoms with Crippen molar-refractivity contribution in [2.75, 3.05) is 20.3 Å². The van der Waals surface area contributed by atoms with E-state index in [1.165, 1.54) is 17.3 Å². The van der Waals surface area contributed by atoms with Crippen molar-refractivity contribution in [2.24, 2.45) is 0 Å². The van der Waals surface area contributed by atoms with Crippen LogP contribution in [0.4, 0.5) is 0 Å². The molecule has 0 saturated carbocycles. The number of hydrogen-bond acceptors (Lipinski definition) is 6. The van der Waals surface area contributed by atoms with Crippen LogP contribution in [0.5, 0.6) is 5.75 Å². The fraction of sp³-hybridized carbons (Fsp3) is 0.167. The zero-order valence-corrected chi connectivity index (χ0v) is 22.8. The van der Waals surface area contributed by atoms with Gasteiger partial charge in [0.1, 0.15) is 22.4 Å². The van der Waals surface area contributed by atoms with E-state index in [4.69, 9.17) is 26.8 Å². The Bertz CT molecular complexity index is 1480. The second kappa shape index (κ2) is 11.8. The molecule has 3 aromatic carbocycles. The first-order chi connectivity index (χ1) is 18.5. The van der Waals surface area contributed by atoms with Gasteiger partial charge in [-0.15, -0.1) is 0 Å². The van der Waals surface area contributed by atoms with Crippen LogP contribution >= 0.6 is 24.0 Å². The van der Waals surface area contributed by atoms with Crippen LogP contribution < -0.4 is 4.74 Å². The molecule has 5 rings (SSSR count). The second-order valence-electron chi connectivity index (χ2n) is 8.84. The Labute approximate surface area is 231 Å². The van der Waals surface area contributed by atoms with Crippen LogP contribution in [0.2, 0.25) is 0 Å². The van der Waals surface area contributed by atoms with E-state index in [1.54, 1.807) is 12.0 Å². The number of carbonyl (C=O) groups is 1. The van der Waals surface area contributed by atoms with Gasteiger partial charge >= 0.3 is 0 Å². The number of nitrogens with zero attached hydrogens (tertiary/aromatic N) is 3. The lowest BCUT2D eigenvalue weighted by Gasteiger charge is -2.12. The van der Waals surface area contributed by atoms with E-state index in [1.807, 2.05) is 71.6 Å². The van der Waals surface area contributed by atoms with Gasteiger partial charge in [-0.1, -0.05) is 84.1 Å². The fourth-order valence-corrected chi connectivity index (χ4v) is 5.33. The molecule has 1 saturated heterocycles. The molecule has 0 spiro atoms. The van der Waals surface area contributed by atoms with Gasteiger partial charge in [-0.3, -0.25) is 9.69 Å². The van der Waals surface area contributed by atoms with Gasteiger partial charge in [-0.05, 0) is 42.8 Å². The zero-order valence-electron chi connectivity index (χ0n) is 21.2. The zero-order chi connectivity index (χ0) is 26.5. The average molecular weight is 542 g/mol. The lowest BCUT2D eigenvalue weighted by molar-refractivity contribution is -0.122. The van der Waals surface area contributed by atoms with Gasteiger partial charge in [0, 0.05) is 24.4 Å². The second-order valence-corrected chi connectivity index (χ2v) is 10.5. The molecule has 1 aliphatic rings.